The van der Waals surface area contributed by atoms with E-state index >= 15 is 0 Å². The first-order valence-electron chi connectivity index (χ1n) is 8.92. The lowest BCUT2D eigenvalue weighted by molar-refractivity contribution is -0.384. The average molecular weight is 441 g/mol. The van der Waals surface area contributed by atoms with Crippen LogP contribution >= 0.6 is 7.21 Å². The van der Waals surface area contributed by atoms with Gasteiger partial charge >= 0.3 is 0 Å². The molecule has 1 amide bonds. The van der Waals surface area contributed by atoms with Gasteiger partial charge in [0.2, 0.25) is 0 Å². The Morgan fingerprint density at radius 1 is 0.867 bits per heavy atom. The number of non-ortho nitro benzene ring substituents is 1. The quantitative estimate of drug-likeness (QED) is 0.336. The van der Waals surface area contributed by atoms with Crippen LogP contribution in [0.1, 0.15) is 10.4 Å². The molecule has 0 heterocycles. The first-order chi connectivity index (χ1) is 14.2. The van der Waals surface area contributed by atoms with Crippen molar-refractivity contribution in [1.29, 1.82) is 0 Å². The van der Waals surface area contributed by atoms with Gasteiger partial charge in [0.15, 0.2) is 0 Å². The number of amides is 1. The molecule has 30 heavy (non-hydrogen) atoms. The molecular weight excluding hydrogens is 421 g/mol. The van der Waals surface area contributed by atoms with Crippen molar-refractivity contribution in [3.63, 3.8) is 0 Å². The lowest BCUT2D eigenvalue weighted by atomic mass is 10.2. The van der Waals surface area contributed by atoms with E-state index in [0.29, 0.717) is 10.6 Å². The van der Waals surface area contributed by atoms with Gasteiger partial charge in [-0.2, -0.15) is 8.88 Å². The number of rotatable bonds is 5. The smallest absolute Gasteiger partial charge is 0.267 e. The van der Waals surface area contributed by atoms with Gasteiger partial charge in [0.05, 0.1) is 4.92 Å². The van der Waals surface area contributed by atoms with E-state index in [4.69, 9.17) is 0 Å². The summed E-state index contributed by atoms with van der Waals surface area (Å²) in [6.45, 7) is 0. The van der Waals surface area contributed by atoms with E-state index in [2.05, 4.69) is 8.88 Å². The maximum absolute atomic E-state index is 13.1. The molecule has 0 radical (unpaired) electrons. The fourth-order valence-corrected chi connectivity index (χ4v) is 8.11. The van der Waals surface area contributed by atoms with Gasteiger partial charge in [0.25, 0.3) is 11.6 Å². The van der Waals surface area contributed by atoms with Crippen molar-refractivity contribution in [3.8, 4) is 0 Å². The second kappa shape index (κ2) is 8.73. The third kappa shape index (κ3) is 4.90. The topological polar surface area (TPSA) is 102 Å². The van der Waals surface area contributed by atoms with Crippen LogP contribution in [0.15, 0.2) is 93.8 Å². The summed E-state index contributed by atoms with van der Waals surface area (Å²) in [4.78, 5) is 23.5. The van der Waals surface area contributed by atoms with Crippen molar-refractivity contribution >= 4 is 39.1 Å². The molecule has 0 unspecified atom stereocenters. The first kappa shape index (κ1) is 21.6. The van der Waals surface area contributed by atoms with Gasteiger partial charge in [-0.15, -0.1) is 0 Å². The molecule has 0 aliphatic heterocycles. The highest BCUT2D eigenvalue weighted by molar-refractivity contribution is 7.98. The van der Waals surface area contributed by atoms with E-state index in [1.54, 1.807) is 0 Å². The van der Waals surface area contributed by atoms with Gasteiger partial charge in [0, 0.05) is 50.5 Å². The van der Waals surface area contributed by atoms with E-state index in [1.165, 1.54) is 36.8 Å². The molecule has 0 saturated carbocycles. The second-order valence-electron chi connectivity index (χ2n) is 6.74. The minimum Gasteiger partial charge on any atom is -0.267 e. The van der Waals surface area contributed by atoms with Crippen molar-refractivity contribution in [1.82, 2.24) is 0 Å². The average Bonchev–Trinajstić information content (AvgIpc) is 2.73. The first-order valence-corrected chi connectivity index (χ1v) is 12.9. The summed E-state index contributed by atoms with van der Waals surface area (Å²) >= 11 is 0. The van der Waals surface area contributed by atoms with E-state index in [-0.39, 0.29) is 11.3 Å². The number of benzene rings is 3. The van der Waals surface area contributed by atoms with E-state index in [0.717, 1.165) is 0 Å². The molecule has 0 spiro atoms. The maximum atomic E-state index is 13.1. The molecule has 0 aliphatic carbocycles. The van der Waals surface area contributed by atoms with Crippen LogP contribution in [0, 0.1) is 10.1 Å². The molecule has 0 bridgehead atoms. The van der Waals surface area contributed by atoms with Gasteiger partial charge < -0.3 is 0 Å². The molecule has 0 fully saturated rings. The standard InChI is InChI=1S/C21H20N3O4PS/c1-30(2,28)23-29(19-9-5-3-6-10-19,20-11-7-4-8-12-20)22-21(25)17-13-15-18(16-14-17)24(26)27/h3-16H,1-2H3. The van der Waals surface area contributed by atoms with Crippen molar-refractivity contribution in [2.45, 2.75) is 0 Å². The van der Waals surface area contributed by atoms with Gasteiger partial charge in [-0.05, 0) is 12.1 Å². The Labute approximate surface area is 175 Å². The molecule has 0 aromatic heterocycles. The molecule has 3 aromatic rings. The Bertz CT molecular complexity index is 1200. The fraction of sp³-hybridized carbons (Fsp3) is 0.0952. The molecule has 0 atom stereocenters. The number of nitro benzene ring substituents is 1. The van der Waals surface area contributed by atoms with Crippen LogP contribution < -0.4 is 10.6 Å². The summed E-state index contributed by atoms with van der Waals surface area (Å²) in [5.41, 5.74) is 0.0827. The molecule has 9 heteroatoms. The molecule has 7 nitrogen and oxygen atoms in total. The number of carbonyl (C=O) groups excluding carboxylic acids is 1. The van der Waals surface area contributed by atoms with Crippen LogP contribution in [-0.4, -0.2) is 27.6 Å². The number of nitro groups is 1. The Morgan fingerprint density at radius 3 is 1.73 bits per heavy atom. The zero-order valence-electron chi connectivity index (χ0n) is 16.4. The van der Waals surface area contributed by atoms with Crippen molar-refractivity contribution in [2.24, 2.45) is 8.88 Å². The molecular formula is C21H20N3O4PS. The minimum absolute atomic E-state index is 0.117. The summed E-state index contributed by atoms with van der Waals surface area (Å²) < 4.78 is 22.0. The van der Waals surface area contributed by atoms with Gasteiger partial charge in [0.1, 0.15) is 7.21 Å². The van der Waals surface area contributed by atoms with Crippen LogP contribution in [0.5, 0.6) is 0 Å². The predicted molar refractivity (Wildman–Crippen MR) is 121 cm³/mol. The van der Waals surface area contributed by atoms with Gasteiger partial charge in [-0.3, -0.25) is 14.9 Å². The van der Waals surface area contributed by atoms with Crippen LogP contribution in [-0.2, 0) is 9.73 Å². The van der Waals surface area contributed by atoms with Crippen molar-refractivity contribution in [2.75, 3.05) is 12.5 Å². The Morgan fingerprint density at radius 2 is 1.33 bits per heavy atom. The van der Waals surface area contributed by atoms with Crippen molar-refractivity contribution < 1.29 is 13.9 Å². The van der Waals surface area contributed by atoms with Crippen LogP contribution in [0.2, 0.25) is 0 Å². The maximum Gasteiger partial charge on any atom is 0.278 e. The van der Waals surface area contributed by atoms with Crippen LogP contribution in [0.25, 0.3) is 0 Å². The molecule has 3 rings (SSSR count). The molecule has 0 aliphatic rings. The molecule has 0 saturated heterocycles. The summed E-state index contributed by atoms with van der Waals surface area (Å²) in [6.07, 6.45) is 3.03. The summed E-state index contributed by atoms with van der Waals surface area (Å²) in [6, 6.07) is 23.5. The summed E-state index contributed by atoms with van der Waals surface area (Å²) in [7, 11) is -5.72. The second-order valence-corrected chi connectivity index (χ2v) is 12.2. The zero-order valence-corrected chi connectivity index (χ0v) is 18.1. The monoisotopic (exact) mass is 441 g/mol. The zero-order chi connectivity index (χ0) is 21.8. The number of nitrogens with zero attached hydrogens (tertiary/aromatic N) is 3. The van der Waals surface area contributed by atoms with Gasteiger partial charge in [-0.25, -0.2) is 4.21 Å². The Balaban J connectivity index is 2.31. The Kier molecular flexibility index (Phi) is 6.29. The summed E-state index contributed by atoms with van der Waals surface area (Å²) in [5.74, 6) is -0.571. The molecule has 3 aromatic carbocycles. The highest BCUT2D eigenvalue weighted by atomic mass is 32.2. The van der Waals surface area contributed by atoms with Crippen LogP contribution in [0.3, 0.4) is 0 Å². The molecule has 154 valence electrons. The SMILES string of the molecule is CS(C)(=O)=NP(=NC(=O)c1ccc([N+](=O)[O-])cc1)(c1ccccc1)c1ccccc1. The van der Waals surface area contributed by atoms with E-state index < -0.39 is 27.8 Å². The Hall–Kier alpha value is -3.09. The lowest BCUT2D eigenvalue weighted by Crippen LogP contribution is -2.17. The fourth-order valence-electron chi connectivity index (χ4n) is 2.85. The normalized spacial score (nSPS) is 11.5. The highest BCUT2D eigenvalue weighted by Gasteiger charge is 2.27. The lowest BCUT2D eigenvalue weighted by Gasteiger charge is -2.21. The van der Waals surface area contributed by atoms with E-state index in [9.17, 15) is 19.1 Å². The number of hydrogen-bond donors (Lipinski definition) is 0. The third-order valence-electron chi connectivity index (χ3n) is 4.11. The molecule has 0 N–H and O–H groups in total. The number of carbonyl (C=O) groups is 1. The van der Waals surface area contributed by atoms with Gasteiger partial charge in [-0.1, -0.05) is 60.7 Å². The van der Waals surface area contributed by atoms with E-state index in [1.807, 2.05) is 60.7 Å². The van der Waals surface area contributed by atoms with Crippen molar-refractivity contribution in [3.05, 3.63) is 101 Å². The minimum atomic E-state index is -3.08. The number of hydrogen-bond acceptors (Lipinski definition) is 4. The summed E-state index contributed by atoms with van der Waals surface area (Å²) in [5, 5.41) is 12.3. The predicted octanol–water partition coefficient (Wildman–Crippen LogP) is 4.23. The third-order valence-corrected chi connectivity index (χ3v) is 9.13. The highest BCUT2D eigenvalue weighted by Crippen LogP contribution is 2.50. The van der Waals surface area contributed by atoms with Crippen LogP contribution in [0.4, 0.5) is 5.69 Å². The largest absolute Gasteiger partial charge is 0.278 e.